The maximum Gasteiger partial charge on any atom is 0.220 e. The molecule has 12 N–H and O–H groups in total. The van der Waals surface area contributed by atoms with Crippen molar-refractivity contribution in [2.24, 2.45) is 0 Å². The molecule has 3 fully saturated rings. The molecule has 3 aliphatic heterocycles. The maximum atomic E-state index is 13.5. The molecule has 0 spiro atoms. The summed E-state index contributed by atoms with van der Waals surface area (Å²) in [5.74, 6) is -0.308. The van der Waals surface area contributed by atoms with E-state index in [2.05, 4.69) is 141 Å². The molecule has 3 rings (SSSR count). The first-order valence-corrected chi connectivity index (χ1v) is 42.9. The Bertz CT molecular complexity index is 2490. The SMILES string of the molecule is CC/C=C\C/C=C\C/C=C\C/C=C\C/C=C\C/C=C\C/C=C\C/C=C\CCCCCCCCC(=O)NC(COC1OC(CO)C(OC2OC(CO)C(OC3OC(CO)C(O)C(O)C3O)C(O)C2O)C(O)C1O)C(O)/C=C/CC/C=C/CC/C=C/CCCCCCCCCCCCCCCCCCCCCCCCC. The van der Waals surface area contributed by atoms with E-state index in [4.69, 9.17) is 28.4 Å². The van der Waals surface area contributed by atoms with Gasteiger partial charge in [-0.1, -0.05) is 314 Å². The Balaban J connectivity index is 1.39. The first kappa shape index (κ1) is 99.1. The number of amides is 1. The van der Waals surface area contributed by atoms with Gasteiger partial charge in [0.2, 0.25) is 5.91 Å². The van der Waals surface area contributed by atoms with Crippen LogP contribution in [0.25, 0.3) is 0 Å². The highest BCUT2D eigenvalue weighted by molar-refractivity contribution is 5.76. The highest BCUT2D eigenvalue weighted by Gasteiger charge is 2.54. The summed E-state index contributed by atoms with van der Waals surface area (Å²) in [6.45, 7) is 1.60. The molecule has 0 saturated carbocycles. The summed E-state index contributed by atoms with van der Waals surface area (Å²) in [6.07, 6.45) is 71.6. The van der Waals surface area contributed by atoms with Crippen molar-refractivity contribution in [3.8, 4) is 0 Å². The summed E-state index contributed by atoms with van der Waals surface area (Å²) in [5.41, 5.74) is 0. The first-order valence-electron chi connectivity index (χ1n) is 42.9. The lowest BCUT2D eigenvalue weighted by Gasteiger charge is -2.48. The van der Waals surface area contributed by atoms with Crippen molar-refractivity contribution < 1.29 is 89.4 Å². The topological polar surface area (TPSA) is 307 Å². The number of hydrogen-bond acceptors (Lipinski definition) is 18. The lowest BCUT2D eigenvalue weighted by molar-refractivity contribution is -0.379. The monoisotopic (exact) mass is 1540 g/mol. The molecule has 1 amide bonds. The van der Waals surface area contributed by atoms with Gasteiger partial charge in [0.1, 0.15) is 73.2 Å². The molecule has 19 nitrogen and oxygen atoms in total. The number of carbonyl (C=O) groups is 1. The van der Waals surface area contributed by atoms with Crippen molar-refractivity contribution in [1.82, 2.24) is 5.32 Å². The Labute approximate surface area is 658 Å². The van der Waals surface area contributed by atoms with E-state index in [-0.39, 0.29) is 18.9 Å². The van der Waals surface area contributed by atoms with Crippen molar-refractivity contribution in [1.29, 1.82) is 0 Å². The summed E-state index contributed by atoms with van der Waals surface area (Å²) >= 11 is 0. The second kappa shape index (κ2) is 68.3. The van der Waals surface area contributed by atoms with Gasteiger partial charge in [-0.15, -0.1) is 0 Å². The number of carbonyl (C=O) groups excluding carboxylic acids is 1. The third-order valence-corrected chi connectivity index (χ3v) is 20.4. The van der Waals surface area contributed by atoms with Crippen LogP contribution in [0.5, 0.6) is 0 Å². The Morgan fingerprint density at radius 3 is 1.03 bits per heavy atom. The van der Waals surface area contributed by atoms with Crippen LogP contribution in [0.3, 0.4) is 0 Å². The molecule has 109 heavy (non-hydrogen) atoms. The number of unbranched alkanes of at least 4 members (excludes halogenated alkanes) is 31. The van der Waals surface area contributed by atoms with Crippen LogP contribution in [0.4, 0.5) is 0 Å². The van der Waals surface area contributed by atoms with Crippen LogP contribution in [0, 0.1) is 0 Å². The number of nitrogens with one attached hydrogen (secondary N) is 1. The third-order valence-electron chi connectivity index (χ3n) is 20.4. The number of rotatable bonds is 67. The number of hydrogen-bond donors (Lipinski definition) is 12. The molecule has 17 unspecified atom stereocenters. The van der Waals surface area contributed by atoms with Gasteiger partial charge in [0, 0.05) is 6.42 Å². The van der Waals surface area contributed by atoms with Gasteiger partial charge in [0.05, 0.1) is 38.6 Å². The Hall–Kier alpha value is -4.07. The van der Waals surface area contributed by atoms with Crippen LogP contribution in [0.15, 0.2) is 134 Å². The number of aliphatic hydroxyl groups is 11. The first-order chi connectivity index (χ1) is 53.3. The molecule has 0 radical (unpaired) electrons. The highest BCUT2D eigenvalue weighted by atomic mass is 16.8. The number of aliphatic hydroxyl groups excluding tert-OH is 11. The molecule has 0 aromatic rings. The van der Waals surface area contributed by atoms with Crippen molar-refractivity contribution in [3.63, 3.8) is 0 Å². The Morgan fingerprint density at radius 2 is 0.642 bits per heavy atom. The van der Waals surface area contributed by atoms with E-state index in [1.54, 1.807) is 6.08 Å². The van der Waals surface area contributed by atoms with Gasteiger partial charge in [-0.2, -0.15) is 0 Å². The molecule has 0 aromatic carbocycles. The molecule has 626 valence electrons. The fourth-order valence-electron chi connectivity index (χ4n) is 13.6. The Kier molecular flexibility index (Phi) is 62.2. The maximum absolute atomic E-state index is 13.5. The summed E-state index contributed by atoms with van der Waals surface area (Å²) in [7, 11) is 0. The molecular weight excluding hydrogens is 1380 g/mol. The van der Waals surface area contributed by atoms with E-state index in [0.717, 1.165) is 116 Å². The van der Waals surface area contributed by atoms with Gasteiger partial charge in [0.25, 0.3) is 0 Å². The second-order valence-electron chi connectivity index (χ2n) is 29.9. The normalized spacial score (nSPS) is 26.0. The van der Waals surface area contributed by atoms with Crippen molar-refractivity contribution in [2.75, 3.05) is 26.4 Å². The fraction of sp³-hybridized carbons (Fsp3) is 0.744. The van der Waals surface area contributed by atoms with E-state index in [1.807, 2.05) is 6.08 Å². The van der Waals surface area contributed by atoms with Crippen molar-refractivity contribution in [2.45, 2.75) is 401 Å². The smallest absolute Gasteiger partial charge is 0.220 e. The van der Waals surface area contributed by atoms with Gasteiger partial charge >= 0.3 is 0 Å². The van der Waals surface area contributed by atoms with Gasteiger partial charge in [-0.05, 0) is 109 Å². The molecule has 3 saturated heterocycles. The molecular formula is C90H153NO18. The predicted molar refractivity (Wildman–Crippen MR) is 438 cm³/mol. The molecule has 0 bridgehead atoms. The zero-order valence-electron chi connectivity index (χ0n) is 67.2. The van der Waals surface area contributed by atoms with E-state index in [0.29, 0.717) is 12.8 Å². The number of ether oxygens (including phenoxy) is 6. The minimum Gasteiger partial charge on any atom is -0.394 e. The van der Waals surface area contributed by atoms with E-state index < -0.39 is 124 Å². The van der Waals surface area contributed by atoms with Crippen LogP contribution >= 0.6 is 0 Å². The predicted octanol–water partition coefficient (Wildman–Crippen LogP) is 15.6. The lowest BCUT2D eigenvalue weighted by atomic mass is 9.96. The standard InChI is InChI=1S/C90H153NO18/c1-3-5-7-9-11-13-15-17-19-21-23-25-27-29-31-33-35-36-38-39-41-43-45-47-49-51-53-55-57-59-61-63-65-67-74(95)73(91-78(96)68-66-64-62-60-58-56-54-52-50-48-46-44-42-40-37-34-32-30-28-26-24-22-20-18-16-14-12-10-8-6-4-2)72-104-88-84(102)81(99)86(76(70-93)106-88)109-90-85(103)82(100)87(77(71-94)107-90)108-89-83(101)80(98)79(97)75(69-92)105-89/h6,8,12,14,18,20,24,26,30,32,37,40,44,46,49-52,57,59,65,67,73-77,79-90,92-95,97-103H,3-5,7,9-11,13,15-17,19,21-23,25,27-29,31,33-36,38-39,41-43,45,47-48,53-56,58,60-64,66,68-72H2,1-2H3,(H,91,96)/b8-6-,14-12-,20-18-,26-24-,32-30-,40-37-,46-44-,51-49+,52-50-,59-57+,67-65+. The van der Waals surface area contributed by atoms with E-state index in [1.165, 1.54) is 148 Å². The molecule has 17 atom stereocenters. The molecule has 3 heterocycles. The van der Waals surface area contributed by atoms with E-state index in [9.17, 15) is 61.0 Å². The van der Waals surface area contributed by atoms with Gasteiger partial charge < -0.3 is 89.9 Å². The summed E-state index contributed by atoms with van der Waals surface area (Å²) < 4.78 is 34.4. The summed E-state index contributed by atoms with van der Waals surface area (Å²) in [6, 6.07) is -1.02. The largest absolute Gasteiger partial charge is 0.394 e. The zero-order valence-corrected chi connectivity index (χ0v) is 67.2. The molecule has 0 aliphatic carbocycles. The van der Waals surface area contributed by atoms with Gasteiger partial charge in [-0.3, -0.25) is 4.79 Å². The van der Waals surface area contributed by atoms with Gasteiger partial charge in [-0.25, -0.2) is 0 Å². The third kappa shape index (κ3) is 47.4. The van der Waals surface area contributed by atoms with Gasteiger partial charge in [0.15, 0.2) is 18.9 Å². The fourth-order valence-corrected chi connectivity index (χ4v) is 13.6. The highest BCUT2D eigenvalue weighted by Crippen LogP contribution is 2.33. The molecule has 3 aliphatic rings. The molecule has 19 heteroatoms. The molecule has 0 aromatic heterocycles. The van der Waals surface area contributed by atoms with Crippen LogP contribution in [0.1, 0.15) is 296 Å². The lowest BCUT2D eigenvalue weighted by Crippen LogP contribution is -2.66. The zero-order chi connectivity index (χ0) is 78.8. The van der Waals surface area contributed by atoms with Crippen LogP contribution < -0.4 is 5.32 Å². The summed E-state index contributed by atoms with van der Waals surface area (Å²) in [4.78, 5) is 13.5. The summed E-state index contributed by atoms with van der Waals surface area (Å²) in [5, 5.41) is 121. The average molecular weight is 1540 g/mol. The van der Waals surface area contributed by atoms with Crippen LogP contribution in [-0.4, -0.2) is 193 Å². The minimum atomic E-state index is -1.99. The Morgan fingerprint density at radius 1 is 0.339 bits per heavy atom. The minimum absolute atomic E-state index is 0.206. The van der Waals surface area contributed by atoms with Crippen LogP contribution in [0.2, 0.25) is 0 Å². The average Bonchev–Trinajstić information content (AvgIpc) is 0.782. The van der Waals surface area contributed by atoms with Crippen molar-refractivity contribution in [3.05, 3.63) is 134 Å². The van der Waals surface area contributed by atoms with E-state index >= 15 is 0 Å². The van der Waals surface area contributed by atoms with Crippen LogP contribution in [-0.2, 0) is 33.2 Å². The number of allylic oxidation sites excluding steroid dienone is 21. The quantitative estimate of drug-likeness (QED) is 0.0199. The van der Waals surface area contributed by atoms with Crippen molar-refractivity contribution >= 4 is 5.91 Å². The second-order valence-corrected chi connectivity index (χ2v) is 29.9.